The SMILES string of the molecule is C[C@@H]1/C=C\C(=O)[C@@H](O)[C@@H](O)C/C=C/c2cc(NCC(=O)CO)cc(O)c2C(=O)O[C@H]1C. The summed E-state index contributed by atoms with van der Waals surface area (Å²) in [6, 6.07) is 2.75. The number of phenolic OH excluding ortho intramolecular Hbond substituents is 1. The van der Waals surface area contributed by atoms with Gasteiger partial charge in [-0.2, -0.15) is 0 Å². The standard InChI is InChI=1S/C22H27NO8/c1-12-6-7-18(27)21(29)17(26)5-3-4-14-8-15(23-10-16(25)11-24)9-19(28)20(14)22(30)31-13(12)2/h3-4,6-9,12-13,17,21,23-24,26,28-29H,5,10-11H2,1-2H3/b4-3+,7-6-/t12-,13+,17+,21+/m1/s1. The molecule has 0 spiro atoms. The molecule has 0 amide bonds. The smallest absolute Gasteiger partial charge is 0.342 e. The predicted molar refractivity (Wildman–Crippen MR) is 113 cm³/mol. The van der Waals surface area contributed by atoms with Gasteiger partial charge in [-0.05, 0) is 31.1 Å². The third kappa shape index (κ3) is 6.48. The van der Waals surface area contributed by atoms with E-state index >= 15 is 0 Å². The number of phenols is 1. The number of nitrogens with one attached hydrogen (secondary N) is 1. The minimum atomic E-state index is -1.61. The lowest BCUT2D eigenvalue weighted by molar-refractivity contribution is -0.127. The van der Waals surface area contributed by atoms with Gasteiger partial charge in [-0.3, -0.25) is 9.59 Å². The molecule has 1 heterocycles. The number of fused-ring (bicyclic) bond motifs is 1. The third-order valence-electron chi connectivity index (χ3n) is 4.95. The van der Waals surface area contributed by atoms with Gasteiger partial charge in [-0.15, -0.1) is 0 Å². The number of cyclic esters (lactones) is 1. The van der Waals surface area contributed by atoms with E-state index in [1.54, 1.807) is 13.8 Å². The molecular formula is C22H27NO8. The summed E-state index contributed by atoms with van der Waals surface area (Å²) in [4.78, 5) is 36.1. The van der Waals surface area contributed by atoms with Gasteiger partial charge >= 0.3 is 5.97 Å². The average Bonchev–Trinajstić information content (AvgIpc) is 2.73. The first-order valence-electron chi connectivity index (χ1n) is 9.83. The molecule has 1 aliphatic rings. The van der Waals surface area contributed by atoms with E-state index in [2.05, 4.69) is 5.32 Å². The van der Waals surface area contributed by atoms with Gasteiger partial charge in [0.1, 0.15) is 30.1 Å². The lowest BCUT2D eigenvalue weighted by Gasteiger charge is -2.20. The number of carbonyl (C=O) groups is 3. The second-order valence-electron chi connectivity index (χ2n) is 7.39. The van der Waals surface area contributed by atoms with Gasteiger partial charge in [-0.25, -0.2) is 4.79 Å². The van der Waals surface area contributed by atoms with Crippen LogP contribution in [-0.4, -0.2) is 69.4 Å². The van der Waals surface area contributed by atoms with Crippen LogP contribution in [0.1, 0.15) is 36.2 Å². The molecule has 0 bridgehead atoms. The van der Waals surface area contributed by atoms with Crippen LogP contribution in [0.4, 0.5) is 5.69 Å². The Kier molecular flexibility index (Phi) is 8.49. The first kappa shape index (κ1) is 24.3. The number of ketones is 2. The molecule has 5 N–H and O–H groups in total. The van der Waals surface area contributed by atoms with E-state index in [0.29, 0.717) is 5.69 Å². The monoisotopic (exact) mass is 433 g/mol. The van der Waals surface area contributed by atoms with Gasteiger partial charge in [0.25, 0.3) is 0 Å². The number of aliphatic hydroxyl groups excluding tert-OH is 3. The average molecular weight is 433 g/mol. The second-order valence-corrected chi connectivity index (χ2v) is 7.39. The van der Waals surface area contributed by atoms with Crippen molar-refractivity contribution in [3.05, 3.63) is 41.5 Å². The number of hydrogen-bond donors (Lipinski definition) is 5. The minimum Gasteiger partial charge on any atom is -0.507 e. The zero-order chi connectivity index (χ0) is 23.1. The molecule has 168 valence electrons. The molecule has 1 aromatic carbocycles. The molecule has 0 unspecified atom stereocenters. The van der Waals surface area contributed by atoms with Crippen LogP contribution in [0, 0.1) is 5.92 Å². The van der Waals surface area contributed by atoms with Crippen molar-refractivity contribution < 1.29 is 39.5 Å². The Balaban J connectivity index is 2.45. The third-order valence-corrected chi connectivity index (χ3v) is 4.95. The van der Waals surface area contributed by atoms with Crippen LogP contribution >= 0.6 is 0 Å². The largest absolute Gasteiger partial charge is 0.507 e. The van der Waals surface area contributed by atoms with Gasteiger partial charge in [-0.1, -0.05) is 25.2 Å². The zero-order valence-electron chi connectivity index (χ0n) is 17.3. The molecule has 0 saturated heterocycles. The number of benzene rings is 1. The van der Waals surface area contributed by atoms with Crippen LogP contribution in [0.25, 0.3) is 6.08 Å². The minimum absolute atomic E-state index is 0.0946. The molecular weight excluding hydrogens is 406 g/mol. The molecule has 0 saturated carbocycles. The van der Waals surface area contributed by atoms with Gasteiger partial charge in [0.15, 0.2) is 11.6 Å². The van der Waals surface area contributed by atoms with Crippen LogP contribution in [0.15, 0.2) is 30.4 Å². The number of carbonyl (C=O) groups excluding carboxylic acids is 3. The molecule has 0 aromatic heterocycles. The summed E-state index contributed by atoms with van der Waals surface area (Å²) in [6.07, 6.45) is 1.78. The molecule has 4 atom stereocenters. The number of hydrogen-bond acceptors (Lipinski definition) is 9. The molecule has 31 heavy (non-hydrogen) atoms. The Morgan fingerprint density at radius 3 is 2.58 bits per heavy atom. The lowest BCUT2D eigenvalue weighted by atomic mass is 9.99. The van der Waals surface area contributed by atoms with Gasteiger partial charge in [0, 0.05) is 17.7 Å². The van der Waals surface area contributed by atoms with E-state index < -0.39 is 42.5 Å². The highest BCUT2D eigenvalue weighted by atomic mass is 16.5. The number of aromatic hydroxyl groups is 1. The summed E-state index contributed by atoms with van der Waals surface area (Å²) in [5, 5.41) is 42.1. The molecule has 9 heteroatoms. The van der Waals surface area contributed by atoms with Crippen molar-refractivity contribution in [1.82, 2.24) is 0 Å². The number of esters is 1. The molecule has 0 radical (unpaired) electrons. The van der Waals surface area contributed by atoms with Crippen LogP contribution in [0.5, 0.6) is 5.75 Å². The van der Waals surface area contributed by atoms with Crippen molar-refractivity contribution in [2.45, 2.75) is 38.6 Å². The van der Waals surface area contributed by atoms with E-state index in [-0.39, 0.29) is 35.8 Å². The van der Waals surface area contributed by atoms with E-state index in [4.69, 9.17) is 9.84 Å². The Hall–Kier alpha value is -3.01. The van der Waals surface area contributed by atoms with Gasteiger partial charge in [0.2, 0.25) is 0 Å². The predicted octanol–water partition coefficient (Wildman–Crippen LogP) is 0.811. The van der Waals surface area contributed by atoms with Crippen molar-refractivity contribution in [3.8, 4) is 5.75 Å². The van der Waals surface area contributed by atoms with Crippen molar-refractivity contribution in [1.29, 1.82) is 0 Å². The normalized spacial score (nSPS) is 26.9. The molecule has 1 aromatic rings. The van der Waals surface area contributed by atoms with Crippen molar-refractivity contribution in [3.63, 3.8) is 0 Å². The number of anilines is 1. The highest BCUT2D eigenvalue weighted by molar-refractivity contribution is 5.98. The number of Topliss-reactive ketones (excluding diaryl/α,β-unsaturated/α-hetero) is 1. The van der Waals surface area contributed by atoms with E-state index in [0.717, 1.165) is 6.08 Å². The molecule has 0 fully saturated rings. The van der Waals surface area contributed by atoms with E-state index in [1.807, 2.05) is 0 Å². The first-order valence-corrected chi connectivity index (χ1v) is 9.83. The maximum atomic E-state index is 12.8. The summed E-state index contributed by atoms with van der Waals surface area (Å²) in [5.74, 6) is -2.68. The zero-order valence-corrected chi connectivity index (χ0v) is 17.3. The number of aliphatic hydroxyl groups is 3. The highest BCUT2D eigenvalue weighted by Gasteiger charge is 2.25. The summed E-state index contributed by atoms with van der Waals surface area (Å²) in [6.45, 7) is 2.51. The second kappa shape index (κ2) is 10.9. The summed E-state index contributed by atoms with van der Waals surface area (Å²) in [7, 11) is 0. The van der Waals surface area contributed by atoms with Gasteiger partial charge < -0.3 is 30.5 Å². The molecule has 2 rings (SSSR count). The Bertz CT molecular complexity index is 892. The Labute approximate surface area is 179 Å². The first-order chi connectivity index (χ1) is 14.6. The summed E-state index contributed by atoms with van der Waals surface area (Å²) >= 11 is 0. The number of rotatable bonds is 4. The van der Waals surface area contributed by atoms with Crippen LogP contribution in [-0.2, 0) is 14.3 Å². The van der Waals surface area contributed by atoms with Crippen LogP contribution < -0.4 is 5.32 Å². The molecule has 0 aliphatic carbocycles. The topological polar surface area (TPSA) is 153 Å². The van der Waals surface area contributed by atoms with Crippen molar-refractivity contribution in [2.24, 2.45) is 5.92 Å². The van der Waals surface area contributed by atoms with Crippen LogP contribution in [0.2, 0.25) is 0 Å². The Morgan fingerprint density at radius 2 is 1.90 bits per heavy atom. The Morgan fingerprint density at radius 1 is 1.19 bits per heavy atom. The molecule has 9 nitrogen and oxygen atoms in total. The van der Waals surface area contributed by atoms with Crippen LogP contribution in [0.3, 0.4) is 0 Å². The van der Waals surface area contributed by atoms with E-state index in [9.17, 15) is 29.7 Å². The fourth-order valence-corrected chi connectivity index (χ4v) is 2.85. The lowest BCUT2D eigenvalue weighted by Crippen LogP contribution is -2.32. The quantitative estimate of drug-likeness (QED) is 0.434. The maximum absolute atomic E-state index is 12.8. The van der Waals surface area contributed by atoms with E-state index in [1.165, 1.54) is 30.4 Å². The maximum Gasteiger partial charge on any atom is 0.342 e. The summed E-state index contributed by atoms with van der Waals surface area (Å²) < 4.78 is 5.44. The van der Waals surface area contributed by atoms with Crippen molar-refractivity contribution >= 4 is 29.3 Å². The number of ether oxygens (including phenoxy) is 1. The fourth-order valence-electron chi connectivity index (χ4n) is 2.85. The molecule has 1 aliphatic heterocycles. The van der Waals surface area contributed by atoms with Crippen molar-refractivity contribution in [2.75, 3.05) is 18.5 Å². The highest BCUT2D eigenvalue weighted by Crippen LogP contribution is 2.30. The van der Waals surface area contributed by atoms with Gasteiger partial charge in [0.05, 0.1) is 12.6 Å². The fraction of sp³-hybridized carbons (Fsp3) is 0.409. The summed E-state index contributed by atoms with van der Waals surface area (Å²) in [5.41, 5.74) is 0.447.